The molecule has 1 saturated carbocycles. The zero-order valence-corrected chi connectivity index (χ0v) is 15.1. The number of oxazole rings is 1. The van der Waals surface area contributed by atoms with Gasteiger partial charge in [0.2, 0.25) is 5.28 Å². The van der Waals surface area contributed by atoms with Gasteiger partial charge in [-0.1, -0.05) is 12.8 Å². The van der Waals surface area contributed by atoms with Crippen molar-refractivity contribution in [1.82, 2.24) is 15.0 Å². The molecule has 0 radical (unpaired) electrons. The molecule has 1 fully saturated rings. The van der Waals surface area contributed by atoms with Gasteiger partial charge in [-0.15, -0.1) is 0 Å². The van der Waals surface area contributed by atoms with Crippen LogP contribution >= 0.6 is 11.6 Å². The normalized spacial score (nSPS) is 20.6. The maximum absolute atomic E-state index is 13.8. The number of Topliss-reactive ketones (excluding diaryl/α,β-unsaturated/α-hetero) is 1. The van der Waals surface area contributed by atoms with E-state index in [0.717, 1.165) is 31.9 Å². The van der Waals surface area contributed by atoms with Crippen molar-refractivity contribution in [2.24, 2.45) is 11.8 Å². The monoisotopic (exact) mass is 365 g/mol. The number of aromatic nitrogens is 3. The maximum atomic E-state index is 13.8. The summed E-state index contributed by atoms with van der Waals surface area (Å²) in [5.41, 5.74) is 0.799. The van der Waals surface area contributed by atoms with Crippen LogP contribution in [0.4, 0.5) is 4.39 Å². The van der Waals surface area contributed by atoms with Crippen LogP contribution in [0.15, 0.2) is 10.6 Å². The predicted molar refractivity (Wildman–Crippen MR) is 91.1 cm³/mol. The average molecular weight is 366 g/mol. The Morgan fingerprint density at radius 1 is 1.32 bits per heavy atom. The van der Waals surface area contributed by atoms with Crippen molar-refractivity contribution in [2.75, 3.05) is 0 Å². The van der Waals surface area contributed by atoms with Crippen LogP contribution in [0.1, 0.15) is 59.9 Å². The minimum absolute atomic E-state index is 0.0243. The fraction of sp³-hybridized carbons (Fsp3) is 0.556. The van der Waals surface area contributed by atoms with Gasteiger partial charge >= 0.3 is 0 Å². The van der Waals surface area contributed by atoms with Crippen LogP contribution in [0.3, 0.4) is 0 Å². The van der Waals surface area contributed by atoms with Crippen molar-refractivity contribution < 1.29 is 13.6 Å². The fourth-order valence-corrected chi connectivity index (χ4v) is 3.87. The second kappa shape index (κ2) is 7.60. The third-order valence-electron chi connectivity index (χ3n) is 4.80. The minimum atomic E-state index is -0.420. The van der Waals surface area contributed by atoms with Crippen LogP contribution in [0.5, 0.6) is 0 Å². The van der Waals surface area contributed by atoms with Crippen LogP contribution in [0.2, 0.25) is 5.28 Å². The highest BCUT2D eigenvalue weighted by Gasteiger charge is 2.27. The number of nitrogens with zero attached hydrogens (tertiary/aromatic N) is 3. The smallest absolute Gasteiger partial charge is 0.222 e. The lowest BCUT2D eigenvalue weighted by atomic mass is 9.77. The first-order valence-corrected chi connectivity index (χ1v) is 8.94. The molecule has 2 aromatic heterocycles. The molecule has 0 N–H and O–H groups in total. The quantitative estimate of drug-likeness (QED) is 0.576. The highest BCUT2D eigenvalue weighted by atomic mass is 35.5. The summed E-state index contributed by atoms with van der Waals surface area (Å²) in [7, 11) is 0. The van der Waals surface area contributed by atoms with Crippen molar-refractivity contribution in [3.63, 3.8) is 0 Å². The van der Waals surface area contributed by atoms with Gasteiger partial charge in [0.1, 0.15) is 11.5 Å². The minimum Gasteiger partial charge on any atom is -0.446 e. The van der Waals surface area contributed by atoms with Crippen molar-refractivity contribution in [3.05, 3.63) is 40.3 Å². The summed E-state index contributed by atoms with van der Waals surface area (Å²) in [6.45, 7) is 3.50. The second-order valence-electron chi connectivity index (χ2n) is 6.80. The van der Waals surface area contributed by atoms with Crippen LogP contribution < -0.4 is 0 Å². The number of hydrogen-bond acceptors (Lipinski definition) is 5. The molecule has 25 heavy (non-hydrogen) atoms. The van der Waals surface area contributed by atoms with Gasteiger partial charge in [-0.25, -0.2) is 19.3 Å². The van der Waals surface area contributed by atoms with Crippen LogP contribution in [0.25, 0.3) is 0 Å². The first kappa shape index (κ1) is 18.0. The van der Waals surface area contributed by atoms with E-state index in [9.17, 15) is 9.18 Å². The predicted octanol–water partition coefficient (Wildman–Crippen LogP) is 4.50. The molecule has 0 saturated heterocycles. The molecule has 0 spiro atoms. The van der Waals surface area contributed by atoms with E-state index in [0.29, 0.717) is 41.8 Å². The summed E-state index contributed by atoms with van der Waals surface area (Å²) in [6.07, 6.45) is 6.02. The summed E-state index contributed by atoms with van der Waals surface area (Å²) in [5.74, 6) is 1.27. The highest BCUT2D eigenvalue weighted by Crippen LogP contribution is 2.34. The Bertz CT molecular complexity index is 778. The lowest BCUT2D eigenvalue weighted by molar-refractivity contribution is 0.0933. The molecule has 1 aliphatic rings. The molecule has 7 heteroatoms. The summed E-state index contributed by atoms with van der Waals surface area (Å²) in [4.78, 5) is 24.3. The van der Waals surface area contributed by atoms with E-state index in [1.807, 2.05) is 0 Å². The molecule has 134 valence electrons. The summed E-state index contributed by atoms with van der Waals surface area (Å²) in [6, 6.07) is 0. The van der Waals surface area contributed by atoms with Crippen molar-refractivity contribution >= 4 is 17.4 Å². The topological polar surface area (TPSA) is 68.9 Å². The number of ketones is 1. The van der Waals surface area contributed by atoms with Crippen LogP contribution in [-0.4, -0.2) is 20.7 Å². The van der Waals surface area contributed by atoms with Crippen LogP contribution in [-0.2, 0) is 6.42 Å². The number of carbonyl (C=O) groups excluding carboxylic acids is 1. The van der Waals surface area contributed by atoms with E-state index in [2.05, 4.69) is 15.0 Å². The summed E-state index contributed by atoms with van der Waals surface area (Å²) in [5, 5.41) is 0.0656. The van der Waals surface area contributed by atoms with Crippen molar-refractivity contribution in [1.29, 1.82) is 0 Å². The van der Waals surface area contributed by atoms with Gasteiger partial charge in [0, 0.05) is 13.3 Å². The molecule has 0 aromatic carbocycles. The van der Waals surface area contributed by atoms with Gasteiger partial charge in [-0.05, 0) is 49.6 Å². The Morgan fingerprint density at radius 3 is 2.80 bits per heavy atom. The third kappa shape index (κ3) is 4.42. The second-order valence-corrected chi connectivity index (χ2v) is 7.14. The third-order valence-corrected chi connectivity index (χ3v) is 4.98. The molecule has 0 unspecified atom stereocenters. The number of hydrogen-bond donors (Lipinski definition) is 0. The lowest BCUT2D eigenvalue weighted by Gasteiger charge is -2.28. The molecule has 2 heterocycles. The van der Waals surface area contributed by atoms with E-state index >= 15 is 0 Å². The molecule has 2 atom stereocenters. The fourth-order valence-electron chi connectivity index (χ4n) is 3.71. The van der Waals surface area contributed by atoms with Crippen molar-refractivity contribution in [2.45, 2.75) is 52.4 Å². The molecule has 0 aliphatic heterocycles. The Hall–Kier alpha value is -1.82. The standard InChI is InChI=1S/C18H21ClFN3O2/c1-10-17(22-11(2)25-10)16(24)8-13-5-3-4-12(6-13)7-15-14(20)9-21-18(19)23-15/h9,12-13H,3-8H2,1-2H3/t12-,13+/m1/s1. The van der Waals surface area contributed by atoms with E-state index in [4.69, 9.17) is 16.0 Å². The Balaban J connectivity index is 1.62. The van der Waals surface area contributed by atoms with E-state index in [1.165, 1.54) is 0 Å². The first-order chi connectivity index (χ1) is 11.9. The van der Waals surface area contributed by atoms with Gasteiger partial charge in [-0.3, -0.25) is 4.79 Å². The Kier molecular flexibility index (Phi) is 5.47. The Labute approximate surface area is 151 Å². The molecule has 5 nitrogen and oxygen atoms in total. The molecular weight excluding hydrogens is 345 g/mol. The SMILES string of the molecule is Cc1nc(C(=O)C[C@H]2CCC[C@@H](Cc3nc(Cl)ncc3F)C2)c(C)o1. The molecule has 1 aliphatic carbocycles. The van der Waals surface area contributed by atoms with Crippen molar-refractivity contribution in [3.8, 4) is 0 Å². The van der Waals surface area contributed by atoms with Crippen LogP contribution in [0, 0.1) is 31.5 Å². The highest BCUT2D eigenvalue weighted by molar-refractivity contribution is 6.28. The molecule has 0 bridgehead atoms. The van der Waals surface area contributed by atoms with Gasteiger partial charge < -0.3 is 4.42 Å². The number of halogens is 2. The molecule has 2 aromatic rings. The number of aryl methyl sites for hydroxylation is 2. The Morgan fingerprint density at radius 2 is 2.08 bits per heavy atom. The molecule has 3 rings (SSSR count). The molecular formula is C18H21ClFN3O2. The molecule has 0 amide bonds. The lowest BCUT2D eigenvalue weighted by Crippen LogP contribution is -2.21. The van der Waals surface area contributed by atoms with E-state index < -0.39 is 5.82 Å². The van der Waals surface area contributed by atoms with Gasteiger partial charge in [0.25, 0.3) is 0 Å². The van der Waals surface area contributed by atoms with Gasteiger partial charge in [0.05, 0.1) is 11.9 Å². The maximum Gasteiger partial charge on any atom is 0.222 e. The van der Waals surface area contributed by atoms with E-state index in [-0.39, 0.29) is 17.0 Å². The zero-order valence-electron chi connectivity index (χ0n) is 14.4. The number of rotatable bonds is 5. The number of carbonyl (C=O) groups is 1. The summed E-state index contributed by atoms with van der Waals surface area (Å²) >= 11 is 5.77. The van der Waals surface area contributed by atoms with Gasteiger partial charge in [0.15, 0.2) is 17.5 Å². The average Bonchev–Trinajstić information content (AvgIpc) is 2.90. The zero-order chi connectivity index (χ0) is 18.0. The van der Waals surface area contributed by atoms with E-state index in [1.54, 1.807) is 13.8 Å². The first-order valence-electron chi connectivity index (χ1n) is 8.56. The summed E-state index contributed by atoms with van der Waals surface area (Å²) < 4.78 is 19.2. The van der Waals surface area contributed by atoms with Gasteiger partial charge in [-0.2, -0.15) is 0 Å². The largest absolute Gasteiger partial charge is 0.446 e.